The number of carboxylic acids is 1. The molecule has 1 unspecified atom stereocenters. The number of carboxylic acid groups (broad SMARTS) is 1. The normalized spacial score (nSPS) is 19.1. The second kappa shape index (κ2) is 3.92. The number of methoxy groups -OCH3 is 1. The molecule has 0 aliphatic heterocycles. The van der Waals surface area contributed by atoms with Crippen molar-refractivity contribution >= 4 is 11.8 Å². The van der Waals surface area contributed by atoms with Crippen LogP contribution >= 0.6 is 0 Å². The Kier molecular flexibility index (Phi) is 2.60. The van der Waals surface area contributed by atoms with E-state index >= 15 is 0 Å². The smallest absolute Gasteiger partial charge is 0.307 e. The summed E-state index contributed by atoms with van der Waals surface area (Å²) < 4.78 is 4.94. The number of carbonyl (C=O) groups is 2. The van der Waals surface area contributed by atoms with Gasteiger partial charge < -0.3 is 9.84 Å². The van der Waals surface area contributed by atoms with Crippen molar-refractivity contribution in [3.63, 3.8) is 0 Å². The topological polar surface area (TPSA) is 76.5 Å². The standard InChI is InChI=1S/C11H11NO4/c1-16-10-3-2-7-8(12-10)4-6(11(14)15)5-9(7)13/h2-3,6H,4-5H2,1H3,(H,14,15). The van der Waals surface area contributed by atoms with E-state index in [9.17, 15) is 9.59 Å². The summed E-state index contributed by atoms with van der Waals surface area (Å²) >= 11 is 0. The van der Waals surface area contributed by atoms with Crippen LogP contribution in [-0.2, 0) is 11.2 Å². The summed E-state index contributed by atoms with van der Waals surface area (Å²) in [4.78, 5) is 26.6. The molecule has 0 saturated carbocycles. The lowest BCUT2D eigenvalue weighted by atomic mass is 9.86. The Morgan fingerprint density at radius 2 is 2.25 bits per heavy atom. The lowest BCUT2D eigenvalue weighted by Crippen LogP contribution is -2.27. The molecule has 0 saturated heterocycles. The first-order valence-electron chi connectivity index (χ1n) is 4.91. The first-order valence-corrected chi connectivity index (χ1v) is 4.91. The molecule has 0 aromatic carbocycles. The molecule has 16 heavy (non-hydrogen) atoms. The van der Waals surface area contributed by atoms with E-state index in [1.54, 1.807) is 12.1 Å². The Morgan fingerprint density at radius 3 is 2.88 bits per heavy atom. The molecular weight excluding hydrogens is 210 g/mol. The van der Waals surface area contributed by atoms with Crippen molar-refractivity contribution in [3.8, 4) is 5.88 Å². The zero-order valence-electron chi connectivity index (χ0n) is 8.77. The number of rotatable bonds is 2. The number of pyridine rings is 1. The Balaban J connectivity index is 2.39. The van der Waals surface area contributed by atoms with Crippen LogP contribution in [0.4, 0.5) is 0 Å². The summed E-state index contributed by atoms with van der Waals surface area (Å²) in [7, 11) is 1.48. The van der Waals surface area contributed by atoms with Gasteiger partial charge in [-0.2, -0.15) is 0 Å². The average Bonchev–Trinajstić information content (AvgIpc) is 2.28. The monoisotopic (exact) mass is 221 g/mol. The minimum Gasteiger partial charge on any atom is -0.481 e. The molecule has 0 amide bonds. The molecule has 5 heteroatoms. The fourth-order valence-electron chi connectivity index (χ4n) is 1.82. The Bertz CT molecular complexity index is 455. The molecule has 5 nitrogen and oxygen atoms in total. The highest BCUT2D eigenvalue weighted by Gasteiger charge is 2.30. The maximum absolute atomic E-state index is 11.7. The number of hydrogen-bond donors (Lipinski definition) is 1. The minimum atomic E-state index is -0.955. The van der Waals surface area contributed by atoms with Gasteiger partial charge in [-0.25, -0.2) is 4.98 Å². The minimum absolute atomic E-state index is 0.0519. The third-order valence-electron chi connectivity index (χ3n) is 2.68. The van der Waals surface area contributed by atoms with Gasteiger partial charge in [-0.15, -0.1) is 0 Å². The van der Waals surface area contributed by atoms with E-state index in [2.05, 4.69) is 4.98 Å². The lowest BCUT2D eigenvalue weighted by Gasteiger charge is -2.19. The summed E-state index contributed by atoms with van der Waals surface area (Å²) in [6, 6.07) is 3.25. The third-order valence-corrected chi connectivity index (χ3v) is 2.68. The number of aliphatic carboxylic acids is 1. The Morgan fingerprint density at radius 1 is 1.50 bits per heavy atom. The lowest BCUT2D eigenvalue weighted by molar-refractivity contribution is -0.141. The van der Waals surface area contributed by atoms with Crippen molar-refractivity contribution in [1.82, 2.24) is 4.98 Å². The fraction of sp³-hybridized carbons (Fsp3) is 0.364. The fourth-order valence-corrected chi connectivity index (χ4v) is 1.82. The van der Waals surface area contributed by atoms with Crippen molar-refractivity contribution in [2.45, 2.75) is 12.8 Å². The summed E-state index contributed by atoms with van der Waals surface area (Å²) in [5, 5.41) is 8.90. The van der Waals surface area contributed by atoms with E-state index in [0.29, 0.717) is 17.1 Å². The largest absolute Gasteiger partial charge is 0.481 e. The number of aromatic nitrogens is 1. The number of ether oxygens (including phenoxy) is 1. The molecule has 0 radical (unpaired) electrons. The molecule has 1 N–H and O–H groups in total. The first kappa shape index (κ1) is 10.6. The summed E-state index contributed by atoms with van der Waals surface area (Å²) in [6.07, 6.45) is 0.337. The quantitative estimate of drug-likeness (QED) is 0.803. The second-order valence-corrected chi connectivity index (χ2v) is 3.71. The number of carbonyl (C=O) groups excluding carboxylic acids is 1. The van der Waals surface area contributed by atoms with Gasteiger partial charge in [0.25, 0.3) is 0 Å². The third kappa shape index (κ3) is 1.76. The van der Waals surface area contributed by atoms with Gasteiger partial charge in [0.05, 0.1) is 18.7 Å². The van der Waals surface area contributed by atoms with E-state index in [1.807, 2.05) is 0 Å². The SMILES string of the molecule is COc1ccc2c(n1)CC(C(=O)O)CC2=O. The van der Waals surface area contributed by atoms with Gasteiger partial charge in [0.15, 0.2) is 5.78 Å². The zero-order chi connectivity index (χ0) is 11.7. The molecule has 1 aliphatic carbocycles. The zero-order valence-corrected chi connectivity index (χ0v) is 8.77. The van der Waals surface area contributed by atoms with Gasteiger partial charge in [-0.05, 0) is 6.07 Å². The van der Waals surface area contributed by atoms with Crippen molar-refractivity contribution in [2.24, 2.45) is 5.92 Å². The average molecular weight is 221 g/mol. The van der Waals surface area contributed by atoms with Crippen molar-refractivity contribution in [2.75, 3.05) is 7.11 Å². The number of Topliss-reactive ketones (excluding diaryl/α,β-unsaturated/α-hetero) is 1. The molecule has 1 heterocycles. The highest BCUT2D eigenvalue weighted by Crippen LogP contribution is 2.26. The predicted molar refractivity (Wildman–Crippen MR) is 54.6 cm³/mol. The highest BCUT2D eigenvalue weighted by molar-refractivity contribution is 6.00. The van der Waals surface area contributed by atoms with Crippen LogP contribution in [-0.4, -0.2) is 29.0 Å². The summed E-state index contributed by atoms with van der Waals surface area (Å²) in [6.45, 7) is 0. The molecule has 0 fully saturated rings. The number of fused-ring (bicyclic) bond motifs is 1. The number of nitrogens with zero attached hydrogens (tertiary/aromatic N) is 1. The van der Waals surface area contributed by atoms with Crippen LogP contribution < -0.4 is 4.74 Å². The van der Waals surface area contributed by atoms with Crippen LogP contribution in [0, 0.1) is 5.92 Å². The molecule has 1 atom stereocenters. The van der Waals surface area contributed by atoms with Crippen LogP contribution in [0.5, 0.6) is 5.88 Å². The molecule has 1 aromatic heterocycles. The van der Waals surface area contributed by atoms with Crippen LogP contribution in [0.2, 0.25) is 0 Å². The van der Waals surface area contributed by atoms with Crippen LogP contribution in [0.1, 0.15) is 22.5 Å². The van der Waals surface area contributed by atoms with E-state index < -0.39 is 11.9 Å². The molecule has 0 spiro atoms. The van der Waals surface area contributed by atoms with E-state index in [0.717, 1.165) is 0 Å². The van der Waals surface area contributed by atoms with Crippen LogP contribution in [0.3, 0.4) is 0 Å². The maximum Gasteiger partial charge on any atom is 0.307 e. The van der Waals surface area contributed by atoms with E-state index in [4.69, 9.17) is 9.84 Å². The van der Waals surface area contributed by atoms with Crippen molar-refractivity contribution in [1.29, 1.82) is 0 Å². The summed E-state index contributed by atoms with van der Waals surface area (Å²) in [5.74, 6) is -1.38. The van der Waals surface area contributed by atoms with Gasteiger partial charge in [-0.1, -0.05) is 0 Å². The molecule has 1 aliphatic rings. The molecule has 1 aromatic rings. The molecule has 0 bridgehead atoms. The Hall–Kier alpha value is -1.91. The van der Waals surface area contributed by atoms with Gasteiger partial charge in [0, 0.05) is 24.5 Å². The Labute approximate surface area is 92.1 Å². The van der Waals surface area contributed by atoms with Gasteiger partial charge >= 0.3 is 5.97 Å². The first-order chi connectivity index (χ1) is 7.61. The second-order valence-electron chi connectivity index (χ2n) is 3.71. The number of hydrogen-bond acceptors (Lipinski definition) is 4. The van der Waals surface area contributed by atoms with E-state index in [-0.39, 0.29) is 18.6 Å². The van der Waals surface area contributed by atoms with Crippen molar-refractivity contribution < 1.29 is 19.4 Å². The molecular formula is C11H11NO4. The van der Waals surface area contributed by atoms with Crippen LogP contribution in [0.15, 0.2) is 12.1 Å². The van der Waals surface area contributed by atoms with Gasteiger partial charge in [0.1, 0.15) is 0 Å². The summed E-state index contributed by atoms with van der Waals surface area (Å²) in [5.41, 5.74) is 1.03. The number of ketones is 1. The van der Waals surface area contributed by atoms with Gasteiger partial charge in [-0.3, -0.25) is 9.59 Å². The predicted octanol–water partition coefficient (Wildman–Crippen LogP) is 0.920. The highest BCUT2D eigenvalue weighted by atomic mass is 16.5. The van der Waals surface area contributed by atoms with Gasteiger partial charge in [0.2, 0.25) is 5.88 Å². The van der Waals surface area contributed by atoms with Crippen molar-refractivity contribution in [3.05, 3.63) is 23.4 Å². The van der Waals surface area contributed by atoms with Crippen LogP contribution in [0.25, 0.3) is 0 Å². The maximum atomic E-state index is 11.7. The molecule has 84 valence electrons. The molecule has 2 rings (SSSR count). The van der Waals surface area contributed by atoms with E-state index in [1.165, 1.54) is 7.11 Å².